The Morgan fingerprint density at radius 1 is 1.29 bits per heavy atom. The molecular weight excluding hydrogens is 270 g/mol. The Hall–Kier alpha value is -2.63. The maximum absolute atomic E-state index is 11.0. The van der Waals surface area contributed by atoms with Crippen molar-refractivity contribution >= 4 is 11.5 Å². The van der Waals surface area contributed by atoms with E-state index < -0.39 is 4.92 Å². The van der Waals surface area contributed by atoms with Crippen LogP contribution in [0.5, 0.6) is 5.75 Å². The number of nitro benzene ring substituents is 1. The number of hydrogen-bond donors (Lipinski definition) is 1. The summed E-state index contributed by atoms with van der Waals surface area (Å²) in [5.74, 6) is 1.28. The fraction of sp³-hybridized carbons (Fsp3) is 0.267. The highest BCUT2D eigenvalue weighted by atomic mass is 16.6. The molecule has 0 aliphatic heterocycles. The fourth-order valence-electron chi connectivity index (χ4n) is 2.04. The lowest BCUT2D eigenvalue weighted by Crippen LogP contribution is -2.01. The van der Waals surface area contributed by atoms with Gasteiger partial charge in [0.15, 0.2) is 0 Å². The van der Waals surface area contributed by atoms with Crippen LogP contribution in [0.2, 0.25) is 0 Å². The number of aromatic nitrogens is 1. The maximum Gasteiger partial charge on any atom is 0.276 e. The van der Waals surface area contributed by atoms with E-state index >= 15 is 0 Å². The first kappa shape index (κ1) is 14.8. The van der Waals surface area contributed by atoms with Gasteiger partial charge in [-0.1, -0.05) is 0 Å². The Labute approximate surface area is 122 Å². The summed E-state index contributed by atoms with van der Waals surface area (Å²) in [5.41, 5.74) is 2.52. The van der Waals surface area contributed by atoms with Gasteiger partial charge in [-0.15, -0.1) is 0 Å². The van der Waals surface area contributed by atoms with E-state index in [4.69, 9.17) is 4.74 Å². The van der Waals surface area contributed by atoms with Crippen LogP contribution in [0.25, 0.3) is 0 Å². The molecule has 0 aliphatic rings. The summed E-state index contributed by atoms with van der Waals surface area (Å²) in [7, 11) is 1.79. The van der Waals surface area contributed by atoms with Crippen LogP contribution >= 0.6 is 0 Å². The normalized spacial score (nSPS) is 10.2. The monoisotopic (exact) mass is 287 g/mol. The molecule has 0 saturated heterocycles. The summed E-state index contributed by atoms with van der Waals surface area (Å²) in [6.07, 6.45) is 1.69. The van der Waals surface area contributed by atoms with Crippen molar-refractivity contribution in [3.63, 3.8) is 0 Å². The molecule has 0 aliphatic carbocycles. The van der Waals surface area contributed by atoms with Crippen LogP contribution in [-0.2, 0) is 6.61 Å². The third-order valence-corrected chi connectivity index (χ3v) is 3.17. The smallest absolute Gasteiger partial charge is 0.276 e. The second-order valence-corrected chi connectivity index (χ2v) is 4.75. The van der Waals surface area contributed by atoms with Gasteiger partial charge < -0.3 is 10.1 Å². The number of hydrogen-bond acceptors (Lipinski definition) is 5. The third-order valence-electron chi connectivity index (χ3n) is 3.17. The first-order valence-electron chi connectivity index (χ1n) is 6.52. The Balaban J connectivity index is 2.19. The lowest BCUT2D eigenvalue weighted by atomic mass is 10.1. The summed E-state index contributed by atoms with van der Waals surface area (Å²) in [4.78, 5) is 14.7. The molecule has 0 atom stereocenters. The Kier molecular flexibility index (Phi) is 4.37. The number of benzene rings is 1. The lowest BCUT2D eigenvalue weighted by molar-refractivity contribution is -0.385. The van der Waals surface area contributed by atoms with Crippen molar-refractivity contribution in [2.24, 2.45) is 0 Å². The van der Waals surface area contributed by atoms with Crippen LogP contribution in [0.3, 0.4) is 0 Å². The van der Waals surface area contributed by atoms with Crippen molar-refractivity contribution in [2.75, 3.05) is 12.4 Å². The number of nitro groups is 1. The molecule has 0 fully saturated rings. The van der Waals surface area contributed by atoms with Crippen molar-refractivity contribution < 1.29 is 9.66 Å². The minimum Gasteiger partial charge on any atom is -0.488 e. The van der Waals surface area contributed by atoms with Crippen LogP contribution in [0, 0.1) is 24.0 Å². The van der Waals surface area contributed by atoms with Crippen molar-refractivity contribution in [3.05, 3.63) is 57.3 Å². The van der Waals surface area contributed by atoms with Crippen LogP contribution < -0.4 is 10.1 Å². The molecule has 0 radical (unpaired) electrons. The van der Waals surface area contributed by atoms with Crippen molar-refractivity contribution in [2.45, 2.75) is 20.5 Å². The van der Waals surface area contributed by atoms with E-state index in [0.717, 1.165) is 16.9 Å². The number of ether oxygens (including phenoxy) is 1. The number of pyridine rings is 1. The van der Waals surface area contributed by atoms with Gasteiger partial charge in [-0.3, -0.25) is 10.1 Å². The van der Waals surface area contributed by atoms with E-state index in [-0.39, 0.29) is 5.69 Å². The van der Waals surface area contributed by atoms with E-state index in [2.05, 4.69) is 10.3 Å². The zero-order chi connectivity index (χ0) is 15.4. The van der Waals surface area contributed by atoms with Crippen LogP contribution in [0.15, 0.2) is 30.5 Å². The Morgan fingerprint density at radius 2 is 2.05 bits per heavy atom. The molecule has 1 heterocycles. The average Bonchev–Trinajstić information content (AvgIpc) is 2.46. The molecule has 0 saturated carbocycles. The fourth-order valence-corrected chi connectivity index (χ4v) is 2.04. The van der Waals surface area contributed by atoms with Gasteiger partial charge in [0.1, 0.15) is 18.2 Å². The van der Waals surface area contributed by atoms with Gasteiger partial charge >= 0.3 is 0 Å². The SMILES string of the molecule is CNc1cc(COc2cc([N+](=O)[O-])c(C)cc2C)ccn1. The van der Waals surface area contributed by atoms with Gasteiger partial charge in [0, 0.05) is 18.8 Å². The molecule has 0 spiro atoms. The molecule has 2 rings (SSSR count). The Morgan fingerprint density at radius 3 is 2.71 bits per heavy atom. The summed E-state index contributed by atoms with van der Waals surface area (Å²) < 4.78 is 5.71. The summed E-state index contributed by atoms with van der Waals surface area (Å²) >= 11 is 0. The lowest BCUT2D eigenvalue weighted by Gasteiger charge is -2.11. The molecule has 0 unspecified atom stereocenters. The Bertz CT molecular complexity index is 671. The zero-order valence-corrected chi connectivity index (χ0v) is 12.2. The number of nitrogens with zero attached hydrogens (tertiary/aromatic N) is 2. The molecule has 6 nitrogen and oxygen atoms in total. The first-order chi connectivity index (χ1) is 10.0. The predicted molar refractivity (Wildman–Crippen MR) is 80.7 cm³/mol. The molecule has 6 heteroatoms. The highest BCUT2D eigenvalue weighted by Crippen LogP contribution is 2.28. The molecule has 1 N–H and O–H groups in total. The number of rotatable bonds is 5. The average molecular weight is 287 g/mol. The van der Waals surface area contributed by atoms with Gasteiger partial charge in [-0.05, 0) is 43.2 Å². The van der Waals surface area contributed by atoms with Gasteiger partial charge in [-0.25, -0.2) is 4.98 Å². The van der Waals surface area contributed by atoms with Crippen LogP contribution in [0.1, 0.15) is 16.7 Å². The molecule has 1 aromatic carbocycles. The minimum atomic E-state index is -0.396. The van der Waals surface area contributed by atoms with Gasteiger partial charge in [0.2, 0.25) is 0 Å². The van der Waals surface area contributed by atoms with E-state index in [1.165, 1.54) is 6.07 Å². The van der Waals surface area contributed by atoms with Crippen molar-refractivity contribution in [1.29, 1.82) is 0 Å². The number of anilines is 1. The second-order valence-electron chi connectivity index (χ2n) is 4.75. The van der Waals surface area contributed by atoms with Gasteiger partial charge in [0.05, 0.1) is 11.0 Å². The highest BCUT2D eigenvalue weighted by Gasteiger charge is 2.14. The summed E-state index contributed by atoms with van der Waals surface area (Å²) in [5, 5.41) is 13.9. The van der Waals surface area contributed by atoms with Gasteiger partial charge in [0.25, 0.3) is 5.69 Å². The molecular formula is C15H17N3O3. The third kappa shape index (κ3) is 3.47. The predicted octanol–water partition coefficient (Wildman–Crippen LogP) is 3.23. The largest absolute Gasteiger partial charge is 0.488 e. The molecule has 0 bridgehead atoms. The first-order valence-corrected chi connectivity index (χ1v) is 6.52. The number of aryl methyl sites for hydroxylation is 2. The van der Waals surface area contributed by atoms with E-state index in [0.29, 0.717) is 17.9 Å². The maximum atomic E-state index is 11.0. The van der Waals surface area contributed by atoms with Crippen molar-refractivity contribution in [1.82, 2.24) is 4.98 Å². The minimum absolute atomic E-state index is 0.0706. The second kappa shape index (κ2) is 6.21. The molecule has 2 aromatic rings. The molecule has 1 aromatic heterocycles. The summed E-state index contributed by atoms with van der Waals surface area (Å²) in [6, 6.07) is 6.96. The van der Waals surface area contributed by atoms with E-state index in [9.17, 15) is 10.1 Å². The topological polar surface area (TPSA) is 77.3 Å². The molecule has 0 amide bonds. The van der Waals surface area contributed by atoms with Crippen molar-refractivity contribution in [3.8, 4) is 5.75 Å². The summed E-state index contributed by atoms with van der Waals surface area (Å²) in [6.45, 7) is 3.92. The number of nitrogens with one attached hydrogen (secondary N) is 1. The van der Waals surface area contributed by atoms with E-state index in [1.54, 1.807) is 26.2 Å². The van der Waals surface area contributed by atoms with Crippen LogP contribution in [-0.4, -0.2) is 17.0 Å². The molecule has 21 heavy (non-hydrogen) atoms. The van der Waals surface area contributed by atoms with Gasteiger partial charge in [-0.2, -0.15) is 0 Å². The van der Waals surface area contributed by atoms with Crippen LogP contribution in [0.4, 0.5) is 11.5 Å². The molecule has 110 valence electrons. The highest BCUT2D eigenvalue weighted by molar-refractivity contribution is 5.49. The standard InChI is InChI=1S/C15H17N3O3/c1-10-6-11(2)14(8-13(10)18(19)20)21-9-12-4-5-17-15(7-12)16-3/h4-8H,9H2,1-3H3,(H,16,17). The zero-order valence-electron chi connectivity index (χ0n) is 12.2. The quantitative estimate of drug-likeness (QED) is 0.674. The van der Waals surface area contributed by atoms with E-state index in [1.807, 2.05) is 19.1 Å².